The number of hydrogen-bond acceptors (Lipinski definition) is 7. The van der Waals surface area contributed by atoms with Gasteiger partial charge >= 0.3 is 0 Å². The van der Waals surface area contributed by atoms with Crippen LogP contribution in [0.15, 0.2) is 41.4 Å². The van der Waals surface area contributed by atoms with Gasteiger partial charge in [-0.1, -0.05) is 0 Å². The molecule has 1 aromatic carbocycles. The summed E-state index contributed by atoms with van der Waals surface area (Å²) in [6, 6.07) is 6.96. The molecular weight excluding hydrogens is 547 g/mol. The maximum atomic E-state index is 14.0. The Morgan fingerprint density at radius 2 is 2.00 bits per heavy atom. The van der Waals surface area contributed by atoms with E-state index in [2.05, 4.69) is 25.9 Å². The zero-order valence-electron chi connectivity index (χ0n) is 19.4. The number of nitrogens with one attached hydrogen (secondary N) is 3. The van der Waals surface area contributed by atoms with Crippen LogP contribution in [0.5, 0.6) is 0 Å². The Morgan fingerprint density at radius 3 is 2.78 bits per heavy atom. The molecule has 0 unspecified atom stereocenters. The van der Waals surface area contributed by atoms with E-state index in [-0.39, 0.29) is 65.7 Å². The molecule has 37 heavy (non-hydrogen) atoms. The molecule has 1 fully saturated rings. The number of hydrogen-bond donors (Lipinski definition) is 4. The molecule has 0 saturated heterocycles. The van der Waals surface area contributed by atoms with Crippen molar-refractivity contribution in [2.75, 3.05) is 16.4 Å². The van der Waals surface area contributed by atoms with Crippen LogP contribution in [0.1, 0.15) is 25.0 Å². The first-order chi connectivity index (χ1) is 16.9. The lowest BCUT2D eigenvalue weighted by molar-refractivity contribution is -0.122. The number of carbonyl (C=O) groups is 2. The molecule has 2 amide bonds. The number of rotatable bonds is 5. The predicted octanol–water partition coefficient (Wildman–Crippen LogP) is 4.05. The third kappa shape index (κ3) is 6.47. The van der Waals surface area contributed by atoms with Crippen molar-refractivity contribution in [3.05, 3.63) is 53.9 Å². The molecule has 1 saturated carbocycles. The molecule has 3 aromatic rings. The number of aliphatic hydroxyl groups is 1. The first-order valence-electron chi connectivity index (χ1n) is 11.3. The zero-order valence-corrected chi connectivity index (χ0v) is 21.8. The van der Waals surface area contributed by atoms with E-state index in [0.29, 0.717) is 31.0 Å². The van der Waals surface area contributed by atoms with Gasteiger partial charge in [-0.2, -0.15) is 0 Å². The molecule has 4 N–H and O–H groups in total. The number of halogens is 4. The summed E-state index contributed by atoms with van der Waals surface area (Å²) in [5, 5.41) is 19.7. The van der Waals surface area contributed by atoms with E-state index in [1.165, 1.54) is 24.0 Å². The Hall–Kier alpha value is -2.57. The summed E-state index contributed by atoms with van der Waals surface area (Å²) in [5.74, 6) is -1.47. The van der Waals surface area contributed by atoms with Crippen LogP contribution >= 0.6 is 36.6 Å². The van der Waals surface area contributed by atoms with Crippen LogP contribution in [-0.4, -0.2) is 44.8 Å². The van der Waals surface area contributed by atoms with Crippen LogP contribution < -0.4 is 16.0 Å². The minimum Gasteiger partial charge on any atom is -0.391 e. The van der Waals surface area contributed by atoms with E-state index in [1.807, 2.05) is 12.1 Å². The second kappa shape index (κ2) is 12.3. The number of aromatic nitrogens is 2. The van der Waals surface area contributed by atoms with E-state index in [9.17, 15) is 23.5 Å². The highest BCUT2D eigenvalue weighted by Gasteiger charge is 2.33. The largest absolute Gasteiger partial charge is 0.391 e. The van der Waals surface area contributed by atoms with Gasteiger partial charge in [0.15, 0.2) is 5.82 Å². The van der Waals surface area contributed by atoms with Crippen LogP contribution in [0.4, 0.5) is 20.3 Å². The molecule has 2 aromatic heterocycles. The summed E-state index contributed by atoms with van der Waals surface area (Å²) < 4.78 is 27.7. The van der Waals surface area contributed by atoms with Gasteiger partial charge in [-0.3, -0.25) is 14.6 Å². The summed E-state index contributed by atoms with van der Waals surface area (Å²) in [6.07, 6.45) is 1.96. The van der Waals surface area contributed by atoms with Gasteiger partial charge in [0.05, 0.1) is 28.1 Å². The molecule has 0 radical (unpaired) electrons. The van der Waals surface area contributed by atoms with Crippen LogP contribution in [0.25, 0.3) is 10.9 Å². The lowest BCUT2D eigenvalue weighted by Gasteiger charge is -2.33. The molecular formula is C24H25Cl2F2N5O3S. The van der Waals surface area contributed by atoms with Crippen molar-refractivity contribution in [1.29, 1.82) is 0 Å². The smallest absolute Gasteiger partial charge is 0.235 e. The van der Waals surface area contributed by atoms with Gasteiger partial charge in [-0.15, -0.1) is 36.6 Å². The van der Waals surface area contributed by atoms with E-state index in [1.54, 1.807) is 0 Å². The summed E-state index contributed by atoms with van der Waals surface area (Å²) >= 11 is 1.44. The Kier molecular flexibility index (Phi) is 9.65. The SMILES string of the molecule is Cl.Cl.O=C1CSc2ccc(CN[C@H]3CC[C@H](C(=O)Nc4ccnc5c(F)cc(F)cc45)C[C@@H]3O)nc2N1. The Bertz CT molecular complexity index is 1320. The average molecular weight is 572 g/mol. The molecule has 3 heterocycles. The fraction of sp³-hybridized carbons (Fsp3) is 0.333. The number of fused-ring (bicyclic) bond motifs is 2. The number of pyridine rings is 2. The number of carbonyl (C=O) groups excluding carboxylic acids is 2. The Balaban J connectivity index is 0.00000190. The molecule has 0 bridgehead atoms. The molecule has 8 nitrogen and oxygen atoms in total. The predicted molar refractivity (Wildman–Crippen MR) is 142 cm³/mol. The van der Waals surface area contributed by atoms with Gasteiger partial charge in [-0.05, 0) is 43.5 Å². The zero-order chi connectivity index (χ0) is 24.5. The number of thioether (sulfide) groups is 1. The van der Waals surface area contributed by atoms with Crippen LogP contribution in [-0.2, 0) is 16.1 Å². The van der Waals surface area contributed by atoms with Crippen LogP contribution in [0.3, 0.4) is 0 Å². The second-order valence-electron chi connectivity index (χ2n) is 8.68. The number of aliphatic hydroxyl groups excluding tert-OH is 1. The quantitative estimate of drug-likeness (QED) is 0.365. The lowest BCUT2D eigenvalue weighted by Crippen LogP contribution is -2.46. The minimum absolute atomic E-state index is 0. The van der Waals surface area contributed by atoms with Crippen molar-refractivity contribution in [1.82, 2.24) is 15.3 Å². The van der Waals surface area contributed by atoms with Crippen molar-refractivity contribution in [2.24, 2.45) is 5.92 Å². The maximum Gasteiger partial charge on any atom is 0.235 e. The molecule has 198 valence electrons. The topological polar surface area (TPSA) is 116 Å². The monoisotopic (exact) mass is 571 g/mol. The van der Waals surface area contributed by atoms with Crippen molar-refractivity contribution in [2.45, 2.75) is 42.8 Å². The summed E-state index contributed by atoms with van der Waals surface area (Å²) in [7, 11) is 0. The van der Waals surface area contributed by atoms with Crippen molar-refractivity contribution in [3.8, 4) is 0 Å². The van der Waals surface area contributed by atoms with E-state index >= 15 is 0 Å². The third-order valence-electron chi connectivity index (χ3n) is 6.29. The summed E-state index contributed by atoms with van der Waals surface area (Å²) in [5.41, 5.74) is 0.991. The summed E-state index contributed by atoms with van der Waals surface area (Å²) in [4.78, 5) is 33.8. The number of anilines is 2. The van der Waals surface area contributed by atoms with Crippen molar-refractivity contribution >= 4 is 70.8 Å². The van der Waals surface area contributed by atoms with E-state index in [0.717, 1.165) is 22.7 Å². The average Bonchev–Trinajstić information content (AvgIpc) is 2.83. The molecule has 1 aliphatic heterocycles. The van der Waals surface area contributed by atoms with Gasteiger partial charge in [0.25, 0.3) is 0 Å². The standard InChI is InChI=1S/C24H23F2N5O3S.2ClH/c25-13-8-15-17(5-6-27-22(15)16(26)9-13)30-24(34)12-1-3-18(19(32)7-12)28-10-14-2-4-20-23(29-14)31-21(33)11-35-20;;/h2,4-6,8-9,12,18-19,28,32H,1,3,7,10-11H2,(H,27,30,34)(H,29,31,33);2*1H/t12-,18-,19-;;/m0../s1. The summed E-state index contributed by atoms with van der Waals surface area (Å²) in [6.45, 7) is 0.409. The first kappa shape index (κ1) is 29.0. The highest BCUT2D eigenvalue weighted by molar-refractivity contribution is 8.00. The van der Waals surface area contributed by atoms with Crippen LogP contribution in [0.2, 0.25) is 0 Å². The first-order valence-corrected chi connectivity index (χ1v) is 12.2. The van der Waals surface area contributed by atoms with Gasteiger partial charge in [0, 0.05) is 36.2 Å². The van der Waals surface area contributed by atoms with E-state index in [4.69, 9.17) is 0 Å². The van der Waals surface area contributed by atoms with Gasteiger partial charge < -0.3 is 21.1 Å². The highest BCUT2D eigenvalue weighted by Crippen LogP contribution is 2.31. The molecule has 3 atom stereocenters. The fourth-order valence-electron chi connectivity index (χ4n) is 4.48. The number of amides is 2. The number of nitrogens with zero attached hydrogens (tertiary/aromatic N) is 2. The van der Waals surface area contributed by atoms with Crippen LogP contribution in [0, 0.1) is 17.6 Å². The molecule has 13 heteroatoms. The normalized spacial score (nSPS) is 20.7. The lowest BCUT2D eigenvalue weighted by atomic mass is 9.83. The highest BCUT2D eigenvalue weighted by atomic mass is 35.5. The molecule has 5 rings (SSSR count). The molecule has 1 aliphatic carbocycles. The van der Waals surface area contributed by atoms with Crippen molar-refractivity contribution < 1.29 is 23.5 Å². The minimum atomic E-state index is -0.798. The van der Waals surface area contributed by atoms with Gasteiger partial charge in [0.1, 0.15) is 17.2 Å². The van der Waals surface area contributed by atoms with Gasteiger partial charge in [0.2, 0.25) is 11.8 Å². The van der Waals surface area contributed by atoms with Crippen molar-refractivity contribution in [3.63, 3.8) is 0 Å². The van der Waals surface area contributed by atoms with E-state index < -0.39 is 23.7 Å². The number of benzene rings is 1. The molecule has 2 aliphatic rings. The Labute approximate surface area is 228 Å². The Morgan fingerprint density at radius 1 is 1.19 bits per heavy atom. The third-order valence-corrected chi connectivity index (χ3v) is 7.33. The maximum absolute atomic E-state index is 14.0. The van der Waals surface area contributed by atoms with Gasteiger partial charge in [-0.25, -0.2) is 13.8 Å². The molecule has 0 spiro atoms. The second-order valence-corrected chi connectivity index (χ2v) is 9.70. The fourth-order valence-corrected chi connectivity index (χ4v) is 5.24.